The number of aryl methyl sites for hydroxylation is 3. The number of benzene rings is 1. The van der Waals surface area contributed by atoms with Crippen LogP contribution < -0.4 is 21.3 Å². The number of rotatable bonds is 15. The number of carboxylic acids is 2. The third-order valence-electron chi connectivity index (χ3n) is 8.82. The zero-order valence-electron chi connectivity index (χ0n) is 28.2. The maximum atomic E-state index is 13.9. The zero-order valence-corrected chi connectivity index (χ0v) is 28.2. The van der Waals surface area contributed by atoms with Crippen LogP contribution in [0.4, 0.5) is 0 Å². The maximum absolute atomic E-state index is 13.9. The quantitative estimate of drug-likeness (QED) is 0.107. The molecule has 4 rings (SSSR count). The van der Waals surface area contributed by atoms with Gasteiger partial charge in [-0.2, -0.15) is 0 Å². The van der Waals surface area contributed by atoms with Gasteiger partial charge in [0.25, 0.3) is 11.8 Å². The van der Waals surface area contributed by atoms with Gasteiger partial charge in [-0.25, -0.2) is 0 Å². The molecular weight excluding hydrogens is 644 g/mol. The average Bonchev–Trinajstić information content (AvgIpc) is 3.07. The molecule has 1 aliphatic carbocycles. The van der Waals surface area contributed by atoms with Crippen molar-refractivity contribution in [2.45, 2.75) is 58.5 Å². The lowest BCUT2D eigenvalue weighted by molar-refractivity contribution is -0.141. The third-order valence-corrected chi connectivity index (χ3v) is 8.82. The minimum Gasteiger partial charge on any atom is -0.480 e. The van der Waals surface area contributed by atoms with Crippen molar-refractivity contribution in [3.8, 4) is 0 Å². The number of aliphatic hydroxyl groups is 2. The lowest BCUT2D eigenvalue weighted by Gasteiger charge is -2.41. The minimum atomic E-state index is -1.43. The van der Waals surface area contributed by atoms with E-state index in [0.29, 0.717) is 22.3 Å². The summed E-state index contributed by atoms with van der Waals surface area (Å²) in [5.41, 5.74) is 4.11. The Morgan fingerprint density at radius 2 is 1.26 bits per heavy atom. The average molecular weight is 687 g/mol. The summed E-state index contributed by atoms with van der Waals surface area (Å²) in [7, 11) is 0. The smallest absolute Gasteiger partial charge is 0.323 e. The molecule has 0 radical (unpaired) electrons. The second-order valence-corrected chi connectivity index (χ2v) is 12.2. The predicted molar refractivity (Wildman–Crippen MR) is 184 cm³/mol. The van der Waals surface area contributed by atoms with Crippen LogP contribution in [0.15, 0.2) is 67.0 Å². The zero-order chi connectivity index (χ0) is 36.6. The van der Waals surface area contributed by atoms with Crippen molar-refractivity contribution >= 4 is 29.3 Å². The molecule has 2 amide bonds. The number of nitrogens with zero attached hydrogens (tertiary/aromatic N) is 2. The van der Waals surface area contributed by atoms with Gasteiger partial charge >= 0.3 is 11.9 Å². The molecule has 0 saturated carbocycles. The van der Waals surface area contributed by atoms with Crippen LogP contribution in [0.3, 0.4) is 0 Å². The lowest BCUT2D eigenvalue weighted by Crippen LogP contribution is -2.64. The molecular formula is C36H42N6O8. The number of aromatic nitrogens is 2. The number of amides is 2. The summed E-state index contributed by atoms with van der Waals surface area (Å²) < 4.78 is 0. The highest BCUT2D eigenvalue weighted by Gasteiger charge is 2.41. The van der Waals surface area contributed by atoms with Crippen molar-refractivity contribution in [3.63, 3.8) is 0 Å². The van der Waals surface area contributed by atoms with Crippen molar-refractivity contribution in [3.05, 3.63) is 112 Å². The summed E-state index contributed by atoms with van der Waals surface area (Å²) in [4.78, 5) is 58.9. The molecule has 1 aromatic carbocycles. The van der Waals surface area contributed by atoms with Gasteiger partial charge in [-0.3, -0.25) is 39.8 Å². The van der Waals surface area contributed by atoms with E-state index in [1.54, 1.807) is 38.1 Å². The first-order valence-corrected chi connectivity index (χ1v) is 16.0. The summed E-state index contributed by atoms with van der Waals surface area (Å²) in [5.74, 6) is -4.01. The molecule has 0 aliphatic heterocycles. The minimum absolute atomic E-state index is 0.0674. The van der Waals surface area contributed by atoms with E-state index in [0.717, 1.165) is 16.7 Å². The van der Waals surface area contributed by atoms with Crippen molar-refractivity contribution in [1.29, 1.82) is 0 Å². The molecule has 3 unspecified atom stereocenters. The van der Waals surface area contributed by atoms with Gasteiger partial charge in [0.2, 0.25) is 0 Å². The molecule has 3 atom stereocenters. The molecule has 8 N–H and O–H groups in total. The number of pyridine rings is 2. The highest BCUT2D eigenvalue weighted by molar-refractivity contribution is 5.97. The molecule has 264 valence electrons. The van der Waals surface area contributed by atoms with Gasteiger partial charge < -0.3 is 31.1 Å². The largest absolute Gasteiger partial charge is 0.480 e. The fourth-order valence-corrected chi connectivity index (χ4v) is 5.61. The topological polar surface area (TPSA) is 223 Å². The number of hydrogen-bond acceptors (Lipinski definition) is 10. The number of carbonyl (C=O) groups is 4. The van der Waals surface area contributed by atoms with Gasteiger partial charge in [0.15, 0.2) is 0 Å². The Labute approximate surface area is 289 Å². The molecule has 0 spiro atoms. The Hall–Kier alpha value is -5.28. The van der Waals surface area contributed by atoms with Gasteiger partial charge in [0.1, 0.15) is 29.1 Å². The first kappa shape index (κ1) is 37.5. The first-order chi connectivity index (χ1) is 23.8. The normalized spacial score (nSPS) is 18.1. The van der Waals surface area contributed by atoms with Gasteiger partial charge in [0.05, 0.1) is 13.2 Å². The van der Waals surface area contributed by atoms with Crippen molar-refractivity contribution in [1.82, 2.24) is 31.2 Å². The molecule has 0 saturated heterocycles. The van der Waals surface area contributed by atoms with Gasteiger partial charge in [-0.15, -0.1) is 0 Å². The van der Waals surface area contributed by atoms with Gasteiger partial charge in [-0.1, -0.05) is 43.3 Å². The van der Waals surface area contributed by atoms with Crippen LogP contribution in [0, 0.1) is 26.7 Å². The summed E-state index contributed by atoms with van der Waals surface area (Å²) in [5, 5.41) is 48.6. The van der Waals surface area contributed by atoms with Crippen LogP contribution in [0.1, 0.15) is 61.3 Å². The fraction of sp³-hybridized carbons (Fsp3) is 0.333. The van der Waals surface area contributed by atoms with Crippen molar-refractivity contribution < 1.29 is 39.6 Å². The van der Waals surface area contributed by atoms with Crippen LogP contribution in [0.2, 0.25) is 0 Å². The highest BCUT2D eigenvalue weighted by atomic mass is 16.4. The molecule has 14 nitrogen and oxygen atoms in total. The van der Waals surface area contributed by atoms with Crippen LogP contribution >= 0.6 is 0 Å². The van der Waals surface area contributed by atoms with Crippen molar-refractivity contribution in [2.24, 2.45) is 5.92 Å². The summed E-state index contributed by atoms with van der Waals surface area (Å²) in [6.07, 6.45) is 8.32. The monoisotopic (exact) mass is 686 g/mol. The standard InChI is InChI=1S/C36H42N6O8/c1-20-8-5-6-9-26(20)27-10-7-11-36(23(27)4,41-32(45)28-12-21(2)24(14-37-28)16-39-30(18-43)34(47)48)42-33(46)29-13-22(3)25(15-38-29)17-40-31(19-44)35(49)50/h5-15,23,30-31,39-40,43-44H,16-19H2,1-4H3,(H,41,45)(H,42,46)(H,47,48)(H,49,50). The van der Waals surface area contributed by atoms with Gasteiger partial charge in [-0.05, 0) is 77.9 Å². The number of aliphatic hydroxyl groups excluding tert-OH is 2. The number of hydrogen-bond donors (Lipinski definition) is 8. The molecule has 2 aromatic heterocycles. The second-order valence-electron chi connectivity index (χ2n) is 12.2. The summed E-state index contributed by atoms with van der Waals surface area (Å²) >= 11 is 0. The Balaban J connectivity index is 1.62. The Kier molecular flexibility index (Phi) is 12.3. The van der Waals surface area contributed by atoms with Crippen LogP contribution in [-0.4, -0.2) is 85.1 Å². The Morgan fingerprint density at radius 3 is 1.68 bits per heavy atom. The number of nitrogens with one attached hydrogen (secondary N) is 4. The lowest BCUT2D eigenvalue weighted by atomic mass is 9.78. The Bertz CT molecular complexity index is 1730. The van der Waals surface area contributed by atoms with Gasteiger partial charge in [0, 0.05) is 31.4 Å². The number of aliphatic carboxylic acids is 2. The number of carbonyl (C=O) groups excluding carboxylic acids is 2. The van der Waals surface area contributed by atoms with E-state index in [1.165, 1.54) is 12.4 Å². The highest BCUT2D eigenvalue weighted by Crippen LogP contribution is 2.36. The van der Waals surface area contributed by atoms with E-state index < -0.39 is 60.6 Å². The molecule has 0 fully saturated rings. The van der Waals surface area contributed by atoms with Crippen LogP contribution in [0.25, 0.3) is 5.57 Å². The van der Waals surface area contributed by atoms with E-state index in [1.807, 2.05) is 44.2 Å². The predicted octanol–water partition coefficient (Wildman–Crippen LogP) is 1.62. The molecule has 2 heterocycles. The van der Waals surface area contributed by atoms with E-state index in [2.05, 4.69) is 31.2 Å². The maximum Gasteiger partial charge on any atom is 0.323 e. The number of carboxylic acid groups (broad SMARTS) is 2. The first-order valence-electron chi connectivity index (χ1n) is 16.0. The van der Waals surface area contributed by atoms with E-state index in [4.69, 9.17) is 0 Å². The van der Waals surface area contributed by atoms with E-state index >= 15 is 0 Å². The van der Waals surface area contributed by atoms with Crippen molar-refractivity contribution in [2.75, 3.05) is 13.2 Å². The Morgan fingerprint density at radius 1 is 0.780 bits per heavy atom. The summed E-state index contributed by atoms with van der Waals surface area (Å²) in [6, 6.07) is 8.61. The molecule has 1 aliphatic rings. The summed E-state index contributed by atoms with van der Waals surface area (Å²) in [6.45, 7) is 6.40. The van der Waals surface area contributed by atoms with E-state index in [9.17, 15) is 39.6 Å². The molecule has 14 heteroatoms. The SMILES string of the molecule is Cc1cc(C(=O)NC2(NC(=O)c3cc(C)c(CNC(CO)C(=O)O)cn3)C=CC=C(c3ccccc3C)C2C)ncc1CNC(CO)C(=O)O. The fourth-order valence-electron chi connectivity index (χ4n) is 5.61. The molecule has 50 heavy (non-hydrogen) atoms. The molecule has 0 bridgehead atoms. The molecule has 3 aromatic rings. The second kappa shape index (κ2) is 16.4. The van der Waals surface area contributed by atoms with Crippen LogP contribution in [0.5, 0.6) is 0 Å². The van der Waals surface area contributed by atoms with Crippen LogP contribution in [-0.2, 0) is 22.7 Å². The third kappa shape index (κ3) is 8.65. The van der Waals surface area contributed by atoms with E-state index in [-0.39, 0.29) is 24.5 Å². The number of allylic oxidation sites excluding steroid dienone is 2.